The van der Waals surface area contributed by atoms with Gasteiger partial charge in [0.1, 0.15) is 24.0 Å². The van der Waals surface area contributed by atoms with E-state index in [0.717, 1.165) is 5.56 Å². The van der Waals surface area contributed by atoms with Crippen molar-refractivity contribution >= 4 is 33.7 Å². The van der Waals surface area contributed by atoms with Crippen molar-refractivity contribution in [3.05, 3.63) is 79.6 Å². The standard InChI is InChI=1S/C23H24BrN5O5/c1-14-21(29(31)32)15(2)28(27-14)16(3)23(30)26-25-12-18-10-19(24)22(20(11-18)33-4)34-13-17-8-6-5-7-9-17/h5-12,16H,13H2,1-4H3,(H,26,30)/b25-12+. The molecule has 3 aromatic rings. The molecular weight excluding hydrogens is 506 g/mol. The molecule has 0 radical (unpaired) electrons. The number of hydrogen-bond acceptors (Lipinski definition) is 7. The molecule has 0 saturated heterocycles. The zero-order chi connectivity index (χ0) is 24.8. The zero-order valence-electron chi connectivity index (χ0n) is 19.1. The number of hydrogen-bond donors (Lipinski definition) is 1. The number of nitro groups is 1. The lowest BCUT2D eigenvalue weighted by Gasteiger charge is -2.14. The number of hydrazone groups is 1. The summed E-state index contributed by atoms with van der Waals surface area (Å²) in [6, 6.07) is 12.5. The number of halogens is 1. The Morgan fingerprint density at radius 1 is 1.32 bits per heavy atom. The van der Waals surface area contributed by atoms with E-state index in [1.165, 1.54) is 24.9 Å². The summed E-state index contributed by atoms with van der Waals surface area (Å²) in [6.45, 7) is 5.05. The molecule has 0 saturated carbocycles. The second-order valence-electron chi connectivity index (χ2n) is 7.44. The highest BCUT2D eigenvalue weighted by Crippen LogP contribution is 2.36. The highest BCUT2D eigenvalue weighted by atomic mass is 79.9. The van der Waals surface area contributed by atoms with Crippen molar-refractivity contribution in [3.63, 3.8) is 0 Å². The summed E-state index contributed by atoms with van der Waals surface area (Å²) in [4.78, 5) is 23.2. The van der Waals surface area contributed by atoms with Crippen LogP contribution in [-0.2, 0) is 11.4 Å². The first-order valence-corrected chi connectivity index (χ1v) is 11.1. The van der Waals surface area contributed by atoms with Crippen LogP contribution >= 0.6 is 15.9 Å². The Bertz CT molecular complexity index is 1230. The second-order valence-corrected chi connectivity index (χ2v) is 8.29. The summed E-state index contributed by atoms with van der Waals surface area (Å²) in [5.41, 5.74) is 4.57. The fourth-order valence-electron chi connectivity index (χ4n) is 3.35. The van der Waals surface area contributed by atoms with Crippen LogP contribution in [0.1, 0.15) is 35.5 Å². The van der Waals surface area contributed by atoms with Crippen LogP contribution in [-0.4, -0.2) is 33.9 Å². The lowest BCUT2D eigenvalue weighted by atomic mass is 10.2. The Kier molecular flexibility index (Phi) is 8.00. The molecule has 0 spiro atoms. The van der Waals surface area contributed by atoms with Gasteiger partial charge in [0.2, 0.25) is 0 Å². The van der Waals surface area contributed by atoms with Crippen LogP contribution in [0.5, 0.6) is 11.5 Å². The molecule has 1 unspecified atom stereocenters. The highest BCUT2D eigenvalue weighted by Gasteiger charge is 2.26. The smallest absolute Gasteiger partial charge is 0.312 e. The van der Waals surface area contributed by atoms with Gasteiger partial charge in [0, 0.05) is 0 Å². The average molecular weight is 530 g/mol. The average Bonchev–Trinajstić information content (AvgIpc) is 3.11. The molecule has 2 aromatic carbocycles. The minimum atomic E-state index is -0.792. The maximum absolute atomic E-state index is 12.5. The van der Waals surface area contributed by atoms with E-state index in [1.54, 1.807) is 26.0 Å². The molecule has 0 bridgehead atoms. The lowest BCUT2D eigenvalue weighted by Crippen LogP contribution is -2.28. The lowest BCUT2D eigenvalue weighted by molar-refractivity contribution is -0.386. The molecule has 1 aromatic heterocycles. The Labute approximate surface area is 204 Å². The highest BCUT2D eigenvalue weighted by molar-refractivity contribution is 9.10. The Morgan fingerprint density at radius 2 is 2.03 bits per heavy atom. The van der Waals surface area contributed by atoms with Crippen molar-refractivity contribution in [2.75, 3.05) is 7.11 Å². The molecule has 0 aliphatic rings. The van der Waals surface area contributed by atoms with Crippen LogP contribution in [0, 0.1) is 24.0 Å². The number of carbonyl (C=O) groups is 1. The molecule has 3 rings (SSSR count). The van der Waals surface area contributed by atoms with Crippen molar-refractivity contribution in [3.8, 4) is 11.5 Å². The zero-order valence-corrected chi connectivity index (χ0v) is 20.7. The molecule has 0 aliphatic carbocycles. The van der Waals surface area contributed by atoms with E-state index in [-0.39, 0.29) is 11.4 Å². The first-order chi connectivity index (χ1) is 16.2. The number of methoxy groups -OCH3 is 1. The van der Waals surface area contributed by atoms with E-state index in [4.69, 9.17) is 9.47 Å². The van der Waals surface area contributed by atoms with Gasteiger partial charge in [-0.05, 0) is 60.0 Å². The Hall–Kier alpha value is -3.73. The van der Waals surface area contributed by atoms with Crippen molar-refractivity contribution in [1.29, 1.82) is 0 Å². The normalized spacial score (nSPS) is 11.9. The van der Waals surface area contributed by atoms with Gasteiger partial charge < -0.3 is 9.47 Å². The quantitative estimate of drug-likeness (QED) is 0.248. The number of aryl methyl sites for hydroxylation is 1. The van der Waals surface area contributed by atoms with Crippen LogP contribution in [0.4, 0.5) is 5.69 Å². The van der Waals surface area contributed by atoms with Crippen LogP contribution in [0.15, 0.2) is 52.0 Å². The number of nitrogens with one attached hydrogen (secondary N) is 1. The summed E-state index contributed by atoms with van der Waals surface area (Å²) < 4.78 is 13.4. The molecule has 11 heteroatoms. The second kappa shape index (κ2) is 10.9. The fraction of sp³-hybridized carbons (Fsp3) is 0.261. The van der Waals surface area contributed by atoms with E-state index in [2.05, 4.69) is 31.6 Å². The van der Waals surface area contributed by atoms with E-state index in [0.29, 0.717) is 33.8 Å². The van der Waals surface area contributed by atoms with Crippen LogP contribution in [0.2, 0.25) is 0 Å². The third-order valence-corrected chi connectivity index (χ3v) is 5.67. The molecule has 0 aliphatic heterocycles. The van der Waals surface area contributed by atoms with Gasteiger partial charge in [-0.15, -0.1) is 0 Å². The minimum Gasteiger partial charge on any atom is -0.493 e. The van der Waals surface area contributed by atoms with E-state index < -0.39 is 16.9 Å². The minimum absolute atomic E-state index is 0.102. The van der Waals surface area contributed by atoms with E-state index >= 15 is 0 Å². The molecule has 178 valence electrons. The van der Waals surface area contributed by atoms with E-state index in [9.17, 15) is 14.9 Å². The summed E-state index contributed by atoms with van der Waals surface area (Å²) in [5.74, 6) is 0.583. The molecule has 1 atom stereocenters. The Morgan fingerprint density at radius 3 is 2.65 bits per heavy atom. The third-order valence-electron chi connectivity index (χ3n) is 5.08. The molecule has 1 N–H and O–H groups in total. The summed E-state index contributed by atoms with van der Waals surface area (Å²) in [6.07, 6.45) is 1.46. The van der Waals surface area contributed by atoms with Gasteiger partial charge in [0.05, 0.1) is 22.7 Å². The molecule has 34 heavy (non-hydrogen) atoms. The number of carbonyl (C=O) groups excluding carboxylic acids is 1. The number of nitrogens with zero attached hydrogens (tertiary/aromatic N) is 4. The number of benzene rings is 2. The maximum Gasteiger partial charge on any atom is 0.312 e. The first-order valence-electron chi connectivity index (χ1n) is 10.3. The topological polar surface area (TPSA) is 121 Å². The summed E-state index contributed by atoms with van der Waals surface area (Å²) >= 11 is 3.50. The van der Waals surface area contributed by atoms with Gasteiger partial charge in [-0.2, -0.15) is 10.2 Å². The molecule has 10 nitrogen and oxygen atoms in total. The number of rotatable bonds is 9. The van der Waals surface area contributed by atoms with Crippen molar-refractivity contribution < 1.29 is 19.2 Å². The van der Waals surface area contributed by atoms with Gasteiger partial charge >= 0.3 is 5.69 Å². The SMILES string of the molecule is COc1cc(/C=N/NC(=O)C(C)n2nc(C)c([N+](=O)[O-])c2C)cc(Br)c1OCc1ccccc1. The number of ether oxygens (including phenoxy) is 2. The van der Waals surface area contributed by atoms with Gasteiger partial charge in [-0.1, -0.05) is 30.3 Å². The van der Waals surface area contributed by atoms with Crippen LogP contribution in [0.3, 0.4) is 0 Å². The monoisotopic (exact) mass is 529 g/mol. The van der Waals surface area contributed by atoms with Crippen LogP contribution in [0.25, 0.3) is 0 Å². The van der Waals surface area contributed by atoms with Crippen LogP contribution < -0.4 is 14.9 Å². The van der Waals surface area contributed by atoms with Gasteiger partial charge in [-0.25, -0.2) is 5.43 Å². The predicted octanol–water partition coefficient (Wildman–Crippen LogP) is 4.47. The predicted molar refractivity (Wildman–Crippen MR) is 130 cm³/mol. The van der Waals surface area contributed by atoms with Crippen molar-refractivity contribution in [2.24, 2.45) is 5.10 Å². The first kappa shape index (κ1) is 24.9. The van der Waals surface area contributed by atoms with Gasteiger partial charge in [-0.3, -0.25) is 19.6 Å². The molecular formula is C23H24BrN5O5. The summed E-state index contributed by atoms with van der Waals surface area (Å²) in [7, 11) is 1.54. The number of amides is 1. The Balaban J connectivity index is 1.69. The summed E-state index contributed by atoms with van der Waals surface area (Å²) in [5, 5.41) is 19.3. The largest absolute Gasteiger partial charge is 0.493 e. The van der Waals surface area contributed by atoms with Gasteiger partial charge in [0.25, 0.3) is 5.91 Å². The molecule has 0 fully saturated rings. The fourth-order valence-corrected chi connectivity index (χ4v) is 3.93. The maximum atomic E-state index is 12.5. The third kappa shape index (κ3) is 5.60. The van der Waals surface area contributed by atoms with E-state index in [1.807, 2.05) is 30.3 Å². The van der Waals surface area contributed by atoms with Gasteiger partial charge in [0.15, 0.2) is 11.5 Å². The number of aromatic nitrogens is 2. The van der Waals surface area contributed by atoms with Crippen molar-refractivity contribution in [1.82, 2.24) is 15.2 Å². The molecule has 1 amide bonds. The van der Waals surface area contributed by atoms with Crippen molar-refractivity contribution in [2.45, 2.75) is 33.4 Å². The molecule has 1 heterocycles.